The van der Waals surface area contributed by atoms with Crippen molar-refractivity contribution in [2.24, 2.45) is 0 Å². The van der Waals surface area contributed by atoms with Crippen LogP contribution in [-0.4, -0.2) is 9.97 Å². The van der Waals surface area contributed by atoms with Crippen LogP contribution in [0.25, 0.3) is 21.8 Å². The van der Waals surface area contributed by atoms with E-state index in [1.807, 2.05) is 20.0 Å². The first-order chi connectivity index (χ1) is 7.34. The van der Waals surface area contributed by atoms with Crippen molar-refractivity contribution in [3.05, 3.63) is 36.2 Å². The summed E-state index contributed by atoms with van der Waals surface area (Å²) in [6.07, 6.45) is 1.97. The Labute approximate surface area is 89.3 Å². The number of aromatic nitrogens is 2. The minimum atomic E-state index is 1.20. The van der Waals surface area contributed by atoms with E-state index in [1.54, 1.807) is 0 Å². The molecule has 2 nitrogen and oxygen atoms in total. The summed E-state index contributed by atoms with van der Waals surface area (Å²) >= 11 is 0. The second-order valence-corrected chi connectivity index (χ2v) is 3.42. The summed E-state index contributed by atoms with van der Waals surface area (Å²) in [6, 6.07) is 8.54. The van der Waals surface area contributed by atoms with E-state index in [9.17, 15) is 0 Å². The third-order valence-corrected chi connectivity index (χ3v) is 2.45. The van der Waals surface area contributed by atoms with Crippen LogP contribution in [0.5, 0.6) is 0 Å². The lowest BCUT2D eigenvalue weighted by atomic mass is 10.2. The van der Waals surface area contributed by atoms with E-state index in [0.29, 0.717) is 0 Å². The molecule has 0 saturated heterocycles. The largest absolute Gasteiger partial charge is 0.359 e. The number of fused-ring (bicyclic) bond motifs is 3. The van der Waals surface area contributed by atoms with E-state index < -0.39 is 0 Å². The molecule has 2 heteroatoms. The molecule has 0 fully saturated rings. The Morgan fingerprint density at radius 2 is 1.67 bits per heavy atom. The molecule has 0 amide bonds. The van der Waals surface area contributed by atoms with Gasteiger partial charge in [0.2, 0.25) is 0 Å². The first kappa shape index (κ1) is 9.84. The SMILES string of the molecule is CC.Cc1cc2ccc3cc[nH]c3c2[nH]1. The average Bonchev–Trinajstić information content (AvgIpc) is 2.84. The number of hydrogen-bond donors (Lipinski definition) is 2. The van der Waals surface area contributed by atoms with Crippen LogP contribution in [0.3, 0.4) is 0 Å². The average molecular weight is 200 g/mol. The van der Waals surface area contributed by atoms with Gasteiger partial charge in [0.25, 0.3) is 0 Å². The first-order valence-electron chi connectivity index (χ1n) is 5.40. The fraction of sp³-hybridized carbons (Fsp3) is 0.231. The van der Waals surface area contributed by atoms with Gasteiger partial charge in [-0.25, -0.2) is 0 Å². The molecule has 15 heavy (non-hydrogen) atoms. The van der Waals surface area contributed by atoms with Crippen molar-refractivity contribution in [1.29, 1.82) is 0 Å². The molecule has 0 saturated carbocycles. The Morgan fingerprint density at radius 1 is 0.933 bits per heavy atom. The number of rotatable bonds is 0. The standard InChI is InChI=1S/C11H10N2.C2H6/c1-7-6-9-3-2-8-4-5-12-10(8)11(9)13-7;1-2/h2-6,12-13H,1H3;1-2H3. The fourth-order valence-corrected chi connectivity index (χ4v) is 1.87. The molecule has 78 valence electrons. The zero-order valence-electron chi connectivity index (χ0n) is 9.39. The van der Waals surface area contributed by atoms with Gasteiger partial charge in [0, 0.05) is 22.7 Å². The van der Waals surface area contributed by atoms with Gasteiger partial charge >= 0.3 is 0 Å². The van der Waals surface area contributed by atoms with Gasteiger partial charge in [-0.3, -0.25) is 0 Å². The maximum atomic E-state index is 3.36. The molecule has 0 atom stereocenters. The summed E-state index contributed by atoms with van der Waals surface area (Å²) in [4.78, 5) is 6.60. The van der Waals surface area contributed by atoms with Crippen LogP contribution in [0.15, 0.2) is 30.5 Å². The van der Waals surface area contributed by atoms with Crippen LogP contribution in [0.2, 0.25) is 0 Å². The third kappa shape index (κ3) is 1.52. The summed E-state index contributed by atoms with van der Waals surface area (Å²) in [6.45, 7) is 6.08. The summed E-state index contributed by atoms with van der Waals surface area (Å²) in [7, 11) is 0. The van der Waals surface area contributed by atoms with Crippen LogP contribution >= 0.6 is 0 Å². The van der Waals surface area contributed by atoms with Crippen LogP contribution in [-0.2, 0) is 0 Å². The Morgan fingerprint density at radius 3 is 2.47 bits per heavy atom. The van der Waals surface area contributed by atoms with E-state index in [4.69, 9.17) is 0 Å². The minimum absolute atomic E-state index is 1.20. The summed E-state index contributed by atoms with van der Waals surface area (Å²) in [5, 5.41) is 2.53. The highest BCUT2D eigenvalue weighted by Crippen LogP contribution is 2.23. The van der Waals surface area contributed by atoms with Crippen molar-refractivity contribution in [2.75, 3.05) is 0 Å². The highest BCUT2D eigenvalue weighted by Gasteiger charge is 2.02. The highest BCUT2D eigenvalue weighted by atomic mass is 14.8. The Balaban J connectivity index is 0.000000404. The molecule has 0 aliphatic rings. The highest BCUT2D eigenvalue weighted by molar-refractivity contribution is 6.03. The Bertz CT molecular complexity index is 572. The minimum Gasteiger partial charge on any atom is -0.359 e. The zero-order valence-corrected chi connectivity index (χ0v) is 9.39. The molecule has 0 unspecified atom stereocenters. The van der Waals surface area contributed by atoms with Gasteiger partial charge in [-0.1, -0.05) is 26.0 Å². The van der Waals surface area contributed by atoms with Gasteiger partial charge < -0.3 is 9.97 Å². The van der Waals surface area contributed by atoms with Crippen molar-refractivity contribution < 1.29 is 0 Å². The van der Waals surface area contributed by atoms with Crippen molar-refractivity contribution in [2.45, 2.75) is 20.8 Å². The maximum absolute atomic E-state index is 3.36. The molecule has 1 aromatic carbocycles. The zero-order chi connectivity index (χ0) is 10.8. The predicted molar refractivity (Wildman–Crippen MR) is 66.2 cm³/mol. The molecule has 2 aromatic heterocycles. The number of benzene rings is 1. The van der Waals surface area contributed by atoms with Gasteiger partial charge in [-0.2, -0.15) is 0 Å². The topological polar surface area (TPSA) is 31.6 Å². The number of aromatic amines is 2. The van der Waals surface area contributed by atoms with Gasteiger partial charge in [-0.15, -0.1) is 0 Å². The second kappa shape index (κ2) is 3.81. The van der Waals surface area contributed by atoms with E-state index in [1.165, 1.54) is 27.5 Å². The number of H-pyrrole nitrogens is 2. The molecular formula is C13H16N2. The fourth-order valence-electron chi connectivity index (χ4n) is 1.87. The molecule has 0 aliphatic heterocycles. The van der Waals surface area contributed by atoms with Crippen LogP contribution < -0.4 is 0 Å². The lowest BCUT2D eigenvalue weighted by Gasteiger charge is -1.91. The monoisotopic (exact) mass is 200 g/mol. The van der Waals surface area contributed by atoms with Crippen LogP contribution in [0, 0.1) is 6.92 Å². The Hall–Kier alpha value is -1.70. The third-order valence-electron chi connectivity index (χ3n) is 2.45. The van der Waals surface area contributed by atoms with Crippen LogP contribution in [0.1, 0.15) is 19.5 Å². The van der Waals surface area contributed by atoms with Crippen molar-refractivity contribution in [3.63, 3.8) is 0 Å². The molecule has 0 spiro atoms. The molecule has 2 N–H and O–H groups in total. The van der Waals surface area contributed by atoms with Gasteiger partial charge in [-0.05, 0) is 19.1 Å². The predicted octanol–water partition coefficient (Wildman–Crippen LogP) is 3.98. The molecule has 3 rings (SSSR count). The quantitative estimate of drug-likeness (QED) is 0.550. The molecule has 0 radical (unpaired) electrons. The summed E-state index contributed by atoms with van der Waals surface area (Å²) in [5.41, 5.74) is 3.61. The van der Waals surface area contributed by atoms with E-state index in [2.05, 4.69) is 41.2 Å². The molecule has 3 aromatic rings. The maximum Gasteiger partial charge on any atom is 0.0701 e. The van der Waals surface area contributed by atoms with E-state index in [0.717, 1.165) is 0 Å². The van der Waals surface area contributed by atoms with Crippen molar-refractivity contribution >= 4 is 21.8 Å². The van der Waals surface area contributed by atoms with E-state index in [-0.39, 0.29) is 0 Å². The van der Waals surface area contributed by atoms with Gasteiger partial charge in [0.15, 0.2) is 0 Å². The van der Waals surface area contributed by atoms with Crippen molar-refractivity contribution in [3.8, 4) is 0 Å². The first-order valence-corrected chi connectivity index (χ1v) is 5.40. The lowest BCUT2D eigenvalue weighted by Crippen LogP contribution is -1.72. The molecular weight excluding hydrogens is 184 g/mol. The van der Waals surface area contributed by atoms with Gasteiger partial charge in [0.1, 0.15) is 0 Å². The van der Waals surface area contributed by atoms with Crippen LogP contribution in [0.4, 0.5) is 0 Å². The number of aryl methyl sites for hydroxylation is 1. The van der Waals surface area contributed by atoms with E-state index >= 15 is 0 Å². The van der Waals surface area contributed by atoms with Gasteiger partial charge in [0.05, 0.1) is 11.0 Å². The smallest absolute Gasteiger partial charge is 0.0701 e. The second-order valence-electron chi connectivity index (χ2n) is 3.42. The summed E-state index contributed by atoms with van der Waals surface area (Å²) in [5.74, 6) is 0. The lowest BCUT2D eigenvalue weighted by molar-refractivity contribution is 1.30. The van der Waals surface area contributed by atoms with Crippen molar-refractivity contribution in [1.82, 2.24) is 9.97 Å². The Kier molecular flexibility index (Phi) is 2.50. The molecule has 0 aliphatic carbocycles. The number of nitrogens with one attached hydrogen (secondary N) is 2. The summed E-state index contributed by atoms with van der Waals surface area (Å²) < 4.78 is 0. The molecule has 2 heterocycles. The molecule has 0 bridgehead atoms. The normalized spacial score (nSPS) is 10.3. The number of hydrogen-bond acceptors (Lipinski definition) is 0.